The molecule has 2 fully saturated rings. The molecule has 13 heteroatoms. The van der Waals surface area contributed by atoms with Gasteiger partial charge < -0.3 is 10.2 Å². The molecule has 6 rings (SSSR count). The van der Waals surface area contributed by atoms with Crippen LogP contribution >= 0.6 is 11.6 Å². The van der Waals surface area contributed by atoms with Crippen molar-refractivity contribution in [1.29, 1.82) is 0 Å². The monoisotopic (exact) mass is 609 g/mol. The second kappa shape index (κ2) is 11.8. The summed E-state index contributed by atoms with van der Waals surface area (Å²) in [6.45, 7) is 1.69. The number of rotatable bonds is 7. The smallest absolute Gasteiger partial charge is 0.333 e. The molecule has 1 aliphatic carbocycles. The molecule has 1 saturated carbocycles. The van der Waals surface area contributed by atoms with E-state index in [1.54, 1.807) is 44.3 Å². The lowest BCUT2D eigenvalue weighted by Gasteiger charge is -2.29. The summed E-state index contributed by atoms with van der Waals surface area (Å²) in [5.74, 6) is 0.109. The van der Waals surface area contributed by atoms with E-state index in [0.29, 0.717) is 44.0 Å². The third kappa shape index (κ3) is 5.58. The first-order valence-corrected chi connectivity index (χ1v) is 14.5. The fourth-order valence-electron chi connectivity index (χ4n) is 5.98. The van der Waals surface area contributed by atoms with Gasteiger partial charge in [-0.15, -0.1) is 0 Å². The molecule has 10 nitrogen and oxygen atoms in total. The van der Waals surface area contributed by atoms with Crippen LogP contribution in [0.1, 0.15) is 48.2 Å². The Kier molecular flexibility index (Phi) is 7.87. The van der Waals surface area contributed by atoms with Crippen LogP contribution < -0.4 is 15.9 Å². The number of aromatic nitrogens is 4. The number of fused-ring (bicyclic) bond motifs is 1. The van der Waals surface area contributed by atoms with Crippen molar-refractivity contribution in [2.24, 2.45) is 5.92 Å². The van der Waals surface area contributed by atoms with Gasteiger partial charge in [-0.2, -0.15) is 0 Å². The SMILES string of the molecule is CN1CCN(c2ccc(-n3c(=O)n(C[C@H]4CC[C@H](NC(=O)c5cc(Cl)cnc5C(F)F)CC4)c4ccccc43)cn2)C1=O. The number of carbonyl (C=O) groups is 2. The van der Waals surface area contributed by atoms with Crippen LogP contribution in [0.25, 0.3) is 16.7 Å². The molecule has 1 aliphatic heterocycles. The molecule has 0 bridgehead atoms. The van der Waals surface area contributed by atoms with Gasteiger partial charge in [0.05, 0.1) is 33.5 Å². The molecule has 0 unspecified atom stereocenters. The summed E-state index contributed by atoms with van der Waals surface area (Å²) in [7, 11) is 1.75. The minimum Gasteiger partial charge on any atom is -0.349 e. The predicted molar refractivity (Wildman–Crippen MR) is 158 cm³/mol. The van der Waals surface area contributed by atoms with Gasteiger partial charge in [-0.05, 0) is 61.9 Å². The van der Waals surface area contributed by atoms with E-state index in [9.17, 15) is 23.2 Å². The molecule has 3 amide bonds. The highest BCUT2D eigenvalue weighted by Gasteiger charge is 2.29. The van der Waals surface area contributed by atoms with Crippen LogP contribution in [0.2, 0.25) is 5.02 Å². The average molecular weight is 610 g/mol. The number of carbonyl (C=O) groups excluding carboxylic acids is 2. The summed E-state index contributed by atoms with van der Waals surface area (Å²) >= 11 is 5.91. The van der Waals surface area contributed by atoms with E-state index >= 15 is 0 Å². The molecule has 1 saturated heterocycles. The van der Waals surface area contributed by atoms with Gasteiger partial charge in [0.15, 0.2) is 0 Å². The standard InChI is InChI=1S/C30H30ClF2N7O3/c1-37-12-13-38(29(37)42)25-11-10-21(16-34-25)40-24-5-3-2-4-23(24)39(30(40)43)17-18-6-8-20(9-7-18)36-28(41)22-14-19(31)15-35-26(22)27(32)33/h2-5,10-11,14-16,18,20,27H,6-9,12-13,17H2,1H3,(H,36,41)/t18-,20-. The summed E-state index contributed by atoms with van der Waals surface area (Å²) in [6.07, 6.45) is 2.63. The predicted octanol–water partition coefficient (Wildman–Crippen LogP) is 5.03. The number of pyridine rings is 2. The first-order chi connectivity index (χ1) is 20.7. The number of amides is 3. The van der Waals surface area contributed by atoms with Crippen molar-refractivity contribution in [2.75, 3.05) is 25.0 Å². The van der Waals surface area contributed by atoms with E-state index in [-0.39, 0.29) is 34.3 Å². The van der Waals surface area contributed by atoms with E-state index in [2.05, 4.69) is 15.3 Å². The summed E-state index contributed by atoms with van der Waals surface area (Å²) < 4.78 is 30.2. The number of nitrogens with one attached hydrogen (secondary N) is 1. The normalized spacial score (nSPS) is 19.0. The lowest BCUT2D eigenvalue weighted by Crippen LogP contribution is -2.39. The van der Waals surface area contributed by atoms with E-state index in [1.807, 2.05) is 24.3 Å². The van der Waals surface area contributed by atoms with Crippen molar-refractivity contribution >= 4 is 40.4 Å². The number of anilines is 1. The molecule has 2 aliphatic rings. The molecule has 0 radical (unpaired) electrons. The minimum absolute atomic E-state index is 0.109. The lowest BCUT2D eigenvalue weighted by atomic mass is 9.85. The Morgan fingerprint density at radius 3 is 2.42 bits per heavy atom. The maximum atomic E-state index is 13.8. The number of likely N-dealkylation sites (N-methyl/N-ethyl adjacent to an activating group) is 1. The molecular weight excluding hydrogens is 580 g/mol. The van der Waals surface area contributed by atoms with Crippen molar-refractivity contribution in [3.05, 3.63) is 81.6 Å². The summed E-state index contributed by atoms with van der Waals surface area (Å²) in [4.78, 5) is 50.3. The zero-order valence-corrected chi connectivity index (χ0v) is 24.2. The maximum Gasteiger partial charge on any atom is 0.333 e. The number of hydrogen-bond acceptors (Lipinski definition) is 5. The Hall–Kier alpha value is -4.32. The van der Waals surface area contributed by atoms with Gasteiger partial charge in [-0.1, -0.05) is 23.7 Å². The fraction of sp³-hybridized carbons (Fsp3) is 0.367. The molecule has 4 aromatic rings. The number of urea groups is 1. The molecule has 1 N–H and O–H groups in total. The minimum atomic E-state index is -2.89. The summed E-state index contributed by atoms with van der Waals surface area (Å²) in [5, 5.41) is 2.98. The number of para-hydroxylation sites is 2. The maximum absolute atomic E-state index is 13.8. The Balaban J connectivity index is 1.16. The number of nitrogens with zero attached hydrogens (tertiary/aromatic N) is 6. The Morgan fingerprint density at radius 1 is 1.02 bits per heavy atom. The molecule has 3 aromatic heterocycles. The van der Waals surface area contributed by atoms with Crippen molar-refractivity contribution in [1.82, 2.24) is 29.3 Å². The molecule has 224 valence electrons. The highest BCUT2D eigenvalue weighted by Crippen LogP contribution is 2.29. The van der Waals surface area contributed by atoms with Gasteiger partial charge in [0.2, 0.25) is 0 Å². The fourth-order valence-corrected chi connectivity index (χ4v) is 6.14. The third-order valence-electron chi connectivity index (χ3n) is 8.28. The van der Waals surface area contributed by atoms with Gasteiger partial charge in [0.1, 0.15) is 11.5 Å². The van der Waals surface area contributed by atoms with E-state index in [4.69, 9.17) is 11.6 Å². The third-order valence-corrected chi connectivity index (χ3v) is 8.49. The van der Waals surface area contributed by atoms with Crippen molar-refractivity contribution < 1.29 is 18.4 Å². The van der Waals surface area contributed by atoms with Crippen LogP contribution in [0.4, 0.5) is 19.4 Å². The number of halogens is 3. The highest BCUT2D eigenvalue weighted by atomic mass is 35.5. The average Bonchev–Trinajstić information content (AvgIpc) is 3.48. The van der Waals surface area contributed by atoms with Gasteiger partial charge in [0, 0.05) is 38.9 Å². The van der Waals surface area contributed by atoms with Crippen LogP contribution in [0.5, 0.6) is 0 Å². The molecule has 0 spiro atoms. The molecular formula is C30H30ClF2N7O3. The first-order valence-electron chi connectivity index (χ1n) is 14.1. The Bertz CT molecular complexity index is 1730. The van der Waals surface area contributed by atoms with Gasteiger partial charge >= 0.3 is 11.7 Å². The first kappa shape index (κ1) is 28.8. The highest BCUT2D eigenvalue weighted by molar-refractivity contribution is 6.30. The van der Waals surface area contributed by atoms with Crippen LogP contribution in [-0.2, 0) is 6.54 Å². The number of alkyl halides is 2. The summed E-state index contributed by atoms with van der Waals surface area (Å²) in [5.41, 5.74) is 1.17. The quantitative estimate of drug-likeness (QED) is 0.316. The number of benzene rings is 1. The Morgan fingerprint density at radius 2 is 1.77 bits per heavy atom. The van der Waals surface area contributed by atoms with E-state index in [1.165, 1.54) is 6.07 Å². The summed E-state index contributed by atoms with van der Waals surface area (Å²) in [6, 6.07) is 12.1. The molecule has 4 heterocycles. The number of imidazole rings is 1. The zero-order valence-electron chi connectivity index (χ0n) is 23.4. The van der Waals surface area contributed by atoms with Gasteiger partial charge in [-0.25, -0.2) is 23.4 Å². The van der Waals surface area contributed by atoms with Gasteiger partial charge in [-0.3, -0.25) is 23.8 Å². The number of hydrogen-bond donors (Lipinski definition) is 1. The van der Waals surface area contributed by atoms with Crippen molar-refractivity contribution in [3.8, 4) is 5.69 Å². The Labute approximate surface area is 250 Å². The lowest BCUT2D eigenvalue weighted by molar-refractivity contribution is 0.0904. The molecule has 1 aromatic carbocycles. The van der Waals surface area contributed by atoms with Crippen LogP contribution in [-0.4, -0.2) is 62.1 Å². The molecule has 0 atom stereocenters. The van der Waals surface area contributed by atoms with Crippen LogP contribution in [0.15, 0.2) is 59.7 Å². The van der Waals surface area contributed by atoms with Gasteiger partial charge in [0.25, 0.3) is 12.3 Å². The van der Waals surface area contributed by atoms with Crippen molar-refractivity contribution in [3.63, 3.8) is 0 Å². The topological polar surface area (TPSA) is 105 Å². The largest absolute Gasteiger partial charge is 0.349 e. The molecule has 43 heavy (non-hydrogen) atoms. The van der Waals surface area contributed by atoms with E-state index in [0.717, 1.165) is 30.1 Å². The van der Waals surface area contributed by atoms with Crippen LogP contribution in [0.3, 0.4) is 0 Å². The van der Waals surface area contributed by atoms with Crippen LogP contribution in [0, 0.1) is 5.92 Å². The van der Waals surface area contributed by atoms with E-state index < -0.39 is 18.0 Å². The second-order valence-electron chi connectivity index (χ2n) is 11.0. The zero-order chi connectivity index (χ0) is 30.2. The van der Waals surface area contributed by atoms with Crippen molar-refractivity contribution in [2.45, 2.75) is 44.7 Å². The second-order valence-corrected chi connectivity index (χ2v) is 11.5.